The van der Waals surface area contributed by atoms with E-state index < -0.39 is 11.7 Å². The summed E-state index contributed by atoms with van der Waals surface area (Å²) in [6.07, 6.45) is 1.21. The lowest BCUT2D eigenvalue weighted by molar-refractivity contribution is -0.137. The van der Waals surface area contributed by atoms with Gasteiger partial charge in [0.25, 0.3) is 0 Å². The van der Waals surface area contributed by atoms with Gasteiger partial charge in [-0.15, -0.1) is 0 Å². The van der Waals surface area contributed by atoms with Crippen LogP contribution in [0.2, 0.25) is 5.02 Å². The summed E-state index contributed by atoms with van der Waals surface area (Å²) < 4.78 is 61.2. The molecule has 0 atom stereocenters. The quantitative estimate of drug-likeness (QED) is 0.104. The number of benzene rings is 4. The number of rotatable bonds is 14. The van der Waals surface area contributed by atoms with Gasteiger partial charge in [0.2, 0.25) is 11.8 Å². The SMILES string of the molecule is COc1ccc(CCOc2ccc(CN3CCN(C(=O)C=Cc4cc(C)c(Oc5ccc(OCc6ccc(C(F)(F)F)cc6)cn5)c(Cl)c4)CC3)cc2)cc1. The van der Waals surface area contributed by atoms with Gasteiger partial charge in [-0.25, -0.2) is 4.98 Å². The van der Waals surface area contributed by atoms with Crippen LogP contribution in [0, 0.1) is 6.92 Å². The summed E-state index contributed by atoms with van der Waals surface area (Å²) in [6, 6.07) is 27.8. The van der Waals surface area contributed by atoms with Gasteiger partial charge < -0.3 is 23.8 Å². The maximum absolute atomic E-state index is 13.0. The van der Waals surface area contributed by atoms with Gasteiger partial charge in [-0.3, -0.25) is 9.69 Å². The zero-order chi connectivity index (χ0) is 38.8. The Balaban J connectivity index is 0.923. The minimum atomic E-state index is -4.39. The fraction of sp³-hybridized carbons (Fsp3) is 0.256. The second-order valence-corrected chi connectivity index (χ2v) is 13.5. The highest BCUT2D eigenvalue weighted by atomic mass is 35.5. The smallest absolute Gasteiger partial charge is 0.416 e. The molecule has 1 saturated heterocycles. The molecule has 6 rings (SSSR count). The van der Waals surface area contributed by atoms with Gasteiger partial charge in [-0.1, -0.05) is 48.0 Å². The van der Waals surface area contributed by atoms with Gasteiger partial charge in [0.15, 0.2) is 5.75 Å². The van der Waals surface area contributed by atoms with E-state index in [4.69, 9.17) is 30.5 Å². The summed E-state index contributed by atoms with van der Waals surface area (Å²) in [5, 5.41) is 0.360. The maximum Gasteiger partial charge on any atom is 0.416 e. The molecule has 0 aliphatic carbocycles. The predicted octanol–water partition coefficient (Wildman–Crippen LogP) is 9.42. The number of pyridine rings is 1. The lowest BCUT2D eigenvalue weighted by Crippen LogP contribution is -2.47. The third-order valence-electron chi connectivity index (χ3n) is 9.10. The number of nitrogens with zero attached hydrogens (tertiary/aromatic N) is 3. The molecule has 1 fully saturated rings. The minimum Gasteiger partial charge on any atom is -0.497 e. The Kier molecular flexibility index (Phi) is 13.0. The monoisotopic (exact) mass is 771 g/mol. The Morgan fingerprint density at radius 1 is 0.818 bits per heavy atom. The summed E-state index contributed by atoms with van der Waals surface area (Å²) >= 11 is 6.59. The molecule has 55 heavy (non-hydrogen) atoms. The van der Waals surface area contributed by atoms with Crippen LogP contribution in [0.3, 0.4) is 0 Å². The standard InChI is InChI=1S/C43H41ClF3N3O5/c1-30-25-34(26-39(44)42(30)55-40-17-16-38(27-48-40)54-29-33-3-10-35(11-4-33)43(45,46)47)9-18-41(51)50-22-20-49(21-23-50)28-32-7-14-37(15-8-32)53-24-19-31-5-12-36(52-2)13-6-31/h3-18,25-27H,19-24,28-29H2,1-2H3. The Morgan fingerprint density at radius 2 is 1.47 bits per heavy atom. The maximum atomic E-state index is 13.0. The summed E-state index contributed by atoms with van der Waals surface area (Å²) in [5.74, 6) is 2.76. The number of aryl methyl sites for hydroxylation is 1. The zero-order valence-electron chi connectivity index (χ0n) is 30.5. The van der Waals surface area contributed by atoms with Crippen LogP contribution in [-0.4, -0.2) is 60.6 Å². The van der Waals surface area contributed by atoms with Crippen molar-refractivity contribution >= 4 is 23.6 Å². The molecular weight excluding hydrogens is 731 g/mol. The first-order chi connectivity index (χ1) is 26.5. The topological polar surface area (TPSA) is 73.4 Å². The Labute approximate surface area is 323 Å². The van der Waals surface area contributed by atoms with Crippen molar-refractivity contribution in [3.63, 3.8) is 0 Å². The summed E-state index contributed by atoms with van der Waals surface area (Å²) in [7, 11) is 1.66. The first-order valence-electron chi connectivity index (χ1n) is 17.8. The van der Waals surface area contributed by atoms with E-state index in [1.807, 2.05) is 54.3 Å². The highest BCUT2D eigenvalue weighted by Gasteiger charge is 2.30. The summed E-state index contributed by atoms with van der Waals surface area (Å²) in [6.45, 7) is 6.15. The molecule has 8 nitrogen and oxygen atoms in total. The number of hydrogen-bond acceptors (Lipinski definition) is 7. The minimum absolute atomic E-state index is 0.0604. The van der Waals surface area contributed by atoms with Crippen LogP contribution in [0.5, 0.6) is 28.9 Å². The summed E-state index contributed by atoms with van der Waals surface area (Å²) in [5.41, 5.74) is 3.78. The summed E-state index contributed by atoms with van der Waals surface area (Å²) in [4.78, 5) is 21.5. The molecule has 0 unspecified atom stereocenters. The van der Waals surface area contributed by atoms with Crippen LogP contribution in [0.15, 0.2) is 109 Å². The molecule has 0 saturated carbocycles. The highest BCUT2D eigenvalue weighted by molar-refractivity contribution is 6.32. The number of piperazine rings is 1. The van der Waals surface area contributed by atoms with Gasteiger partial charge in [0, 0.05) is 51.3 Å². The number of hydrogen-bond donors (Lipinski definition) is 0. The van der Waals surface area contributed by atoms with Gasteiger partial charge >= 0.3 is 6.18 Å². The number of alkyl halides is 3. The second-order valence-electron chi connectivity index (χ2n) is 13.1. The van der Waals surface area contributed by atoms with Crippen molar-refractivity contribution in [3.05, 3.63) is 148 Å². The van der Waals surface area contributed by atoms with E-state index in [1.165, 1.54) is 29.5 Å². The van der Waals surface area contributed by atoms with E-state index in [2.05, 4.69) is 22.0 Å². The largest absolute Gasteiger partial charge is 0.497 e. The second kappa shape index (κ2) is 18.2. The van der Waals surface area contributed by atoms with E-state index in [1.54, 1.807) is 37.5 Å². The molecule has 0 spiro atoms. The normalized spacial score (nSPS) is 13.5. The molecule has 0 N–H and O–H groups in total. The first kappa shape index (κ1) is 39.2. The Morgan fingerprint density at radius 3 is 2.11 bits per heavy atom. The van der Waals surface area contributed by atoms with E-state index in [-0.39, 0.29) is 18.4 Å². The van der Waals surface area contributed by atoms with Crippen molar-refractivity contribution in [2.45, 2.75) is 32.7 Å². The molecule has 0 radical (unpaired) electrons. The van der Waals surface area contributed by atoms with E-state index in [0.717, 1.165) is 60.8 Å². The molecule has 4 aromatic carbocycles. The first-order valence-corrected chi connectivity index (χ1v) is 18.2. The molecule has 1 aliphatic heterocycles. The van der Waals surface area contributed by atoms with E-state index >= 15 is 0 Å². The average Bonchev–Trinajstić information content (AvgIpc) is 3.19. The van der Waals surface area contributed by atoms with Crippen molar-refractivity contribution in [2.24, 2.45) is 0 Å². The lowest BCUT2D eigenvalue weighted by atomic mass is 10.1. The van der Waals surface area contributed by atoms with E-state index in [9.17, 15) is 18.0 Å². The van der Waals surface area contributed by atoms with Gasteiger partial charge in [-0.2, -0.15) is 13.2 Å². The number of methoxy groups -OCH3 is 1. The molecular formula is C43H41ClF3N3O5. The number of halogens is 4. The predicted molar refractivity (Wildman–Crippen MR) is 206 cm³/mol. The molecule has 1 amide bonds. The van der Waals surface area contributed by atoms with Crippen molar-refractivity contribution in [1.29, 1.82) is 0 Å². The third kappa shape index (κ3) is 11.3. The highest BCUT2D eigenvalue weighted by Crippen LogP contribution is 2.34. The van der Waals surface area contributed by atoms with Crippen molar-refractivity contribution in [2.75, 3.05) is 39.9 Å². The number of carbonyl (C=O) groups excluding carboxylic acids is 1. The Bertz CT molecular complexity index is 2030. The molecule has 2 heterocycles. The molecule has 1 aliphatic rings. The Hall–Kier alpha value is -5.52. The molecule has 12 heteroatoms. The van der Waals surface area contributed by atoms with Crippen LogP contribution in [0.1, 0.15) is 33.4 Å². The van der Waals surface area contributed by atoms with Crippen LogP contribution in [0.4, 0.5) is 13.2 Å². The van der Waals surface area contributed by atoms with Crippen LogP contribution in [-0.2, 0) is 30.5 Å². The molecule has 1 aromatic heterocycles. The van der Waals surface area contributed by atoms with Crippen LogP contribution in [0.25, 0.3) is 6.08 Å². The van der Waals surface area contributed by atoms with Gasteiger partial charge in [0.1, 0.15) is 23.9 Å². The number of ether oxygens (including phenoxy) is 4. The van der Waals surface area contributed by atoms with Crippen molar-refractivity contribution < 1.29 is 36.9 Å². The molecule has 5 aromatic rings. The van der Waals surface area contributed by atoms with Gasteiger partial charge in [0.05, 0.1) is 30.5 Å². The molecule has 0 bridgehead atoms. The zero-order valence-corrected chi connectivity index (χ0v) is 31.3. The van der Waals surface area contributed by atoms with Crippen molar-refractivity contribution in [3.8, 4) is 28.9 Å². The molecule has 286 valence electrons. The number of aromatic nitrogens is 1. The van der Waals surface area contributed by atoms with Gasteiger partial charge in [-0.05, 0) is 95.4 Å². The fourth-order valence-corrected chi connectivity index (χ4v) is 6.30. The lowest BCUT2D eigenvalue weighted by Gasteiger charge is -2.34. The number of amides is 1. The van der Waals surface area contributed by atoms with Crippen LogP contribution >= 0.6 is 11.6 Å². The third-order valence-corrected chi connectivity index (χ3v) is 9.39. The fourth-order valence-electron chi connectivity index (χ4n) is 5.98. The average molecular weight is 772 g/mol. The van der Waals surface area contributed by atoms with Crippen LogP contribution < -0.4 is 18.9 Å². The van der Waals surface area contributed by atoms with Crippen molar-refractivity contribution in [1.82, 2.24) is 14.8 Å². The number of carbonyl (C=O) groups is 1. The van der Waals surface area contributed by atoms with E-state index in [0.29, 0.717) is 41.8 Å².